The third-order valence-corrected chi connectivity index (χ3v) is 20.6. The van der Waals surface area contributed by atoms with Crippen molar-refractivity contribution in [2.24, 2.45) is 0 Å². The Kier molecular flexibility index (Phi) is 11.8. The summed E-state index contributed by atoms with van der Waals surface area (Å²) in [5.41, 5.74) is 2.74. The molecular weight excluding hydrogens is 1040 g/mol. The van der Waals surface area contributed by atoms with Gasteiger partial charge in [-0.3, -0.25) is 0 Å². The lowest BCUT2D eigenvalue weighted by Crippen LogP contribution is -2.74. The highest BCUT2D eigenvalue weighted by Crippen LogP contribution is 2.33. The molecule has 0 saturated heterocycles. The fourth-order valence-electron chi connectivity index (χ4n) is 9.46. The quantitative estimate of drug-likeness (QED) is 0.100. The van der Waals surface area contributed by atoms with E-state index in [1.54, 1.807) is 0 Å². The average molecular weight is 1150 g/mol. The molecule has 13 aromatic rings. The van der Waals surface area contributed by atoms with E-state index in [0.717, 1.165) is 4.57 Å². The van der Waals surface area contributed by atoms with Crippen molar-refractivity contribution in [3.05, 3.63) is 337 Å². The molecule has 0 N–H and O–H groups in total. The molecule has 3 heteroatoms. The summed E-state index contributed by atoms with van der Waals surface area (Å²) in [6.45, 7) is 18.2. The van der Waals surface area contributed by atoms with Crippen LogP contribution in [0.4, 0.5) is 0 Å². The van der Waals surface area contributed by atoms with Gasteiger partial charge in [-0.2, -0.15) is 0 Å². The number of hydrogen-bond acceptors (Lipinski definition) is 0. The lowest BCUT2D eigenvalue weighted by atomic mass is 10.0. The Morgan fingerprint density at radius 1 is 0.298 bits per heavy atom. The van der Waals surface area contributed by atoms with Crippen LogP contribution in [0.5, 0.6) is 0 Å². The molecule has 0 aliphatic heterocycles. The minimum Gasteiger partial charge on any atom is -0.309 e. The van der Waals surface area contributed by atoms with Gasteiger partial charge in [0.1, 0.15) is 0 Å². The Morgan fingerprint density at radius 3 is 1.13 bits per heavy atom. The van der Waals surface area contributed by atoms with E-state index in [2.05, 4.69) is 197 Å². The van der Waals surface area contributed by atoms with Gasteiger partial charge >= 0.3 is 0 Å². The van der Waals surface area contributed by atoms with Gasteiger partial charge < -0.3 is 4.57 Å². The number of fused-ring (bicyclic) bond motifs is 3. The molecule has 0 fully saturated rings. The van der Waals surface area contributed by atoms with Gasteiger partial charge in [0.05, 0.1) is 53.4 Å². The molecule has 0 bridgehead atoms. The van der Waals surface area contributed by atoms with Crippen LogP contribution < -0.4 is 25.9 Å². The van der Waals surface area contributed by atoms with E-state index in [-0.39, 0.29) is 39.1 Å². The van der Waals surface area contributed by atoms with Crippen LogP contribution in [0.25, 0.3) is 60.9 Å². The van der Waals surface area contributed by atoms with Crippen LogP contribution >= 0.6 is 0 Å². The molecule has 1 aromatic heterocycles. The maximum atomic E-state index is 8.87. The van der Waals surface area contributed by atoms with Crippen LogP contribution in [0.3, 0.4) is 0 Å². The first-order chi connectivity index (χ1) is 51.4. The number of hydrogen-bond donors (Lipinski definition) is 0. The predicted molar refractivity (Wildman–Crippen MR) is 373 cm³/mol. The topological polar surface area (TPSA) is 4.93 Å². The van der Waals surface area contributed by atoms with Gasteiger partial charge in [-0.15, -0.1) is 0 Å². The van der Waals surface area contributed by atoms with E-state index in [1.165, 1.54) is 62.0 Å². The second-order valence-electron chi connectivity index (χ2n) is 20.4. The lowest BCUT2D eigenvalue weighted by Gasteiger charge is -2.34. The van der Waals surface area contributed by atoms with Crippen molar-refractivity contribution in [2.45, 2.75) is 61.2 Å². The fraction of sp³-hybridized carbons (Fsp3) is 0.111. The molecule has 0 spiro atoms. The summed E-state index contributed by atoms with van der Waals surface area (Å²) in [4.78, 5) is 0. The van der Waals surface area contributed by atoms with Gasteiger partial charge in [-0.1, -0.05) is 346 Å². The molecule has 0 aliphatic rings. The molecule has 416 valence electrons. The zero-order valence-electron chi connectivity index (χ0n) is 73.5. The fourth-order valence-corrected chi connectivity index (χ4v) is 15.4. The number of nitrogens with zero attached hydrogens (tertiary/aromatic N) is 1. The van der Waals surface area contributed by atoms with E-state index in [0.29, 0.717) is 0 Å². The molecule has 1 heterocycles. The van der Waals surface area contributed by atoms with Gasteiger partial charge in [0.2, 0.25) is 0 Å². The van der Waals surface area contributed by atoms with E-state index >= 15 is 0 Å². The highest BCUT2D eigenvalue weighted by Gasteiger charge is 2.41. The van der Waals surface area contributed by atoms with Gasteiger partial charge in [0, 0.05) is 16.5 Å². The highest BCUT2D eigenvalue weighted by atomic mass is 28.3. The number of aryl methyl sites for hydroxylation is 2. The summed E-state index contributed by atoms with van der Waals surface area (Å²) >= 11 is 0. The molecule has 0 saturated carbocycles. The van der Waals surface area contributed by atoms with Gasteiger partial charge in [-0.05, 0) is 112 Å². The first-order valence-corrected chi connectivity index (χ1v) is 33.1. The van der Waals surface area contributed by atoms with Crippen molar-refractivity contribution in [1.29, 1.82) is 0 Å². The average Bonchev–Trinajstić information content (AvgIpc) is 1.58. The summed E-state index contributed by atoms with van der Waals surface area (Å²) < 4.78 is 206. The number of aromatic nitrogens is 1. The van der Waals surface area contributed by atoms with Crippen molar-refractivity contribution in [2.75, 3.05) is 0 Å². The van der Waals surface area contributed by atoms with Crippen LogP contribution in [0.1, 0.15) is 70.4 Å². The molecule has 13 rings (SSSR count). The van der Waals surface area contributed by atoms with Crippen LogP contribution in [0.15, 0.2) is 315 Å². The van der Waals surface area contributed by atoms with E-state index in [9.17, 15) is 0 Å². The second-order valence-corrected chi connectivity index (χ2v) is 29.3. The van der Waals surface area contributed by atoms with Crippen molar-refractivity contribution in [3.63, 3.8) is 0 Å². The maximum Gasteiger partial charge on any atom is 0.179 e. The zero-order valence-corrected chi connectivity index (χ0v) is 50.5. The third-order valence-electron chi connectivity index (χ3n) is 13.7. The minimum atomic E-state index is -2.32. The maximum absolute atomic E-state index is 8.87. The molecule has 12 aromatic carbocycles. The highest BCUT2D eigenvalue weighted by molar-refractivity contribution is 7.19. The summed E-state index contributed by atoms with van der Waals surface area (Å²) in [7, 11) is -3.49. The van der Waals surface area contributed by atoms with Crippen molar-refractivity contribution in [1.82, 2.24) is 4.57 Å². The standard InChI is InChI=1S/C25H19N.C25H22Si.C16H20Si.C13H12.C2H6/c1-18-10-12-19(13-11-18)20-14-16-21(17-15-20)26-24-8-4-2-6-22(24)23-7-3-5-9-25(23)26;1-21-17-19-25(20-18-21)26(22-11-5-2-6-12-22,23-13-7-3-8-14-23)24-15-9-4-10-16-24;1-13-5-7-14(8-6-13)15-9-11-16(12-10-15)17(2,3)4;1-11-7-5-6-10-13(11)12-8-3-2-4-9-12;1-2/h2-17H,1H3;2-20H,1H3;5-12H,1-4H3;2-10H,1H3;1-2H3/i2D,3D,4D,5D,6D,7D,8D,9D,10D,11D,12D,13D,14D,15D,16D,17D;;;2D,3D,4D,5D,6D,7D,8D,9D,10D;. The molecule has 0 unspecified atom stereocenters. The Morgan fingerprint density at radius 2 is 0.667 bits per heavy atom. The minimum absolute atomic E-state index is 0.0224. The Balaban J connectivity index is 0.000000176. The van der Waals surface area contributed by atoms with Crippen molar-refractivity contribution < 1.29 is 34.3 Å². The van der Waals surface area contributed by atoms with Crippen molar-refractivity contribution >= 4 is 63.9 Å². The van der Waals surface area contributed by atoms with Gasteiger partial charge in [0.25, 0.3) is 0 Å². The monoisotopic (exact) mass is 1150 g/mol. The third kappa shape index (κ3) is 14.0. The van der Waals surface area contributed by atoms with Crippen molar-refractivity contribution in [3.8, 4) is 39.1 Å². The number of benzene rings is 12. The molecule has 0 atom stereocenters. The molecule has 0 amide bonds. The first-order valence-electron chi connectivity index (χ1n) is 40.1. The van der Waals surface area contributed by atoms with Gasteiger partial charge in [0.15, 0.2) is 8.07 Å². The second kappa shape index (κ2) is 28.2. The van der Waals surface area contributed by atoms with Crippen LogP contribution in [0.2, 0.25) is 19.6 Å². The summed E-state index contributed by atoms with van der Waals surface area (Å²) in [5.74, 6) is 0. The van der Waals surface area contributed by atoms with Crippen LogP contribution in [0, 0.1) is 27.7 Å². The predicted octanol–water partition coefficient (Wildman–Crippen LogP) is 19.0. The summed E-state index contributed by atoms with van der Waals surface area (Å²) in [6, 6.07) is 45.2. The SMILES string of the molecule is CC.Cc1ccc(-c2ccc([Si](C)(C)C)cc2)cc1.Cc1ccc([Si](c2ccccc2)(c2ccccc2)c2ccccc2)cc1.[2H]c1c([2H])c(-c2c([2H])c([2H])c(-n3c4c([2H])c([2H])c([2H])c([2H])c4c4c([2H])c([2H])c([2H])c([2H])c43)c([2H])c2[2H])c([2H])c([2H])c1C.[2H]c1c([2H])c([2H])c(-c2c([2H])c([2H])c([2H])c([2H])c2C)c([2H])c1[2H]. The Labute approximate surface area is 538 Å². The van der Waals surface area contributed by atoms with E-state index in [1.807, 2.05) is 13.8 Å². The zero-order chi connectivity index (χ0) is 80.6. The number of rotatable bonds is 9. The molecule has 1 nitrogen and oxygen atoms in total. The largest absolute Gasteiger partial charge is 0.309 e. The molecule has 0 aliphatic carbocycles. The lowest BCUT2D eigenvalue weighted by molar-refractivity contribution is 1.18. The first kappa shape index (κ1) is 35.1. The normalized spacial score (nSPS) is 15.1. The van der Waals surface area contributed by atoms with Crippen LogP contribution in [-0.4, -0.2) is 20.7 Å². The van der Waals surface area contributed by atoms with E-state index in [4.69, 9.17) is 34.3 Å². The summed E-state index contributed by atoms with van der Waals surface area (Å²) in [5, 5.41) is 6.59. The van der Waals surface area contributed by atoms with Gasteiger partial charge in [-0.25, -0.2) is 0 Å². The Bertz CT molecular complexity index is 5280. The molecular formula is C81H79NSi2. The molecule has 0 radical (unpaired) electrons. The molecule has 84 heavy (non-hydrogen) atoms. The van der Waals surface area contributed by atoms with E-state index < -0.39 is 189 Å². The van der Waals surface area contributed by atoms with Crippen LogP contribution in [-0.2, 0) is 0 Å². The number of para-hydroxylation sites is 2. The smallest absolute Gasteiger partial charge is 0.179 e. The Hall–Kier alpha value is -9.13. The summed E-state index contributed by atoms with van der Waals surface area (Å²) in [6.07, 6.45) is 0.